The zero-order valence-electron chi connectivity index (χ0n) is 6.04. The van der Waals surface area contributed by atoms with Gasteiger partial charge in [0.15, 0.2) is 0 Å². The standard InChI is InChI=1S/C7H12O3/c1-5-6(2-3-10-5)4-7(8)9/h5-6H,2-4H2,1H3,(H,8,9). The zero-order chi connectivity index (χ0) is 7.56. The van der Waals surface area contributed by atoms with Gasteiger partial charge in [0.2, 0.25) is 0 Å². The molecule has 2 atom stereocenters. The Kier molecular flexibility index (Phi) is 2.27. The van der Waals surface area contributed by atoms with E-state index in [-0.39, 0.29) is 18.4 Å². The van der Waals surface area contributed by atoms with Crippen molar-refractivity contribution < 1.29 is 14.6 Å². The first kappa shape index (κ1) is 7.54. The van der Waals surface area contributed by atoms with E-state index in [1.54, 1.807) is 0 Å². The van der Waals surface area contributed by atoms with Gasteiger partial charge in [0.25, 0.3) is 0 Å². The van der Waals surface area contributed by atoms with Gasteiger partial charge in [-0.15, -0.1) is 0 Å². The second-order valence-corrected chi connectivity index (χ2v) is 2.72. The highest BCUT2D eigenvalue weighted by atomic mass is 16.5. The summed E-state index contributed by atoms with van der Waals surface area (Å²) in [6, 6.07) is 0. The molecule has 1 fully saturated rings. The molecule has 0 aromatic rings. The highest BCUT2D eigenvalue weighted by Crippen LogP contribution is 2.23. The van der Waals surface area contributed by atoms with Gasteiger partial charge in [-0.2, -0.15) is 0 Å². The summed E-state index contributed by atoms with van der Waals surface area (Å²) in [5, 5.41) is 8.44. The second kappa shape index (κ2) is 3.01. The van der Waals surface area contributed by atoms with Crippen molar-refractivity contribution in [2.45, 2.75) is 25.9 Å². The fourth-order valence-electron chi connectivity index (χ4n) is 1.27. The molecule has 1 heterocycles. The predicted octanol–water partition coefficient (Wildman–Crippen LogP) is 0.886. The molecule has 1 N–H and O–H groups in total. The number of carboxylic acid groups (broad SMARTS) is 1. The topological polar surface area (TPSA) is 46.5 Å². The number of carboxylic acids is 1. The lowest BCUT2D eigenvalue weighted by atomic mass is 9.99. The Labute approximate surface area is 60.0 Å². The van der Waals surface area contributed by atoms with Crippen LogP contribution in [0.25, 0.3) is 0 Å². The smallest absolute Gasteiger partial charge is 0.303 e. The Morgan fingerprint density at radius 1 is 1.80 bits per heavy atom. The van der Waals surface area contributed by atoms with E-state index in [0.717, 1.165) is 13.0 Å². The summed E-state index contributed by atoms with van der Waals surface area (Å²) in [7, 11) is 0. The van der Waals surface area contributed by atoms with Crippen LogP contribution in [0.1, 0.15) is 19.8 Å². The third kappa shape index (κ3) is 1.70. The van der Waals surface area contributed by atoms with Crippen molar-refractivity contribution in [3.05, 3.63) is 0 Å². The van der Waals surface area contributed by atoms with Crippen molar-refractivity contribution in [1.29, 1.82) is 0 Å². The average molecular weight is 144 g/mol. The fourth-order valence-corrected chi connectivity index (χ4v) is 1.27. The van der Waals surface area contributed by atoms with E-state index in [1.165, 1.54) is 0 Å². The van der Waals surface area contributed by atoms with Gasteiger partial charge >= 0.3 is 5.97 Å². The summed E-state index contributed by atoms with van der Waals surface area (Å²) in [5.41, 5.74) is 0. The SMILES string of the molecule is CC1OCCC1CC(=O)O. The van der Waals surface area contributed by atoms with Crippen LogP contribution in [-0.4, -0.2) is 23.8 Å². The van der Waals surface area contributed by atoms with Gasteiger partial charge < -0.3 is 9.84 Å². The Bertz CT molecular complexity index is 133. The summed E-state index contributed by atoms with van der Waals surface area (Å²) < 4.78 is 5.20. The van der Waals surface area contributed by atoms with Crippen molar-refractivity contribution in [2.75, 3.05) is 6.61 Å². The molecule has 0 aromatic heterocycles. The van der Waals surface area contributed by atoms with E-state index in [4.69, 9.17) is 9.84 Å². The lowest BCUT2D eigenvalue weighted by Crippen LogP contribution is -2.15. The summed E-state index contributed by atoms with van der Waals surface area (Å²) in [6.45, 7) is 2.65. The minimum Gasteiger partial charge on any atom is -0.481 e. The van der Waals surface area contributed by atoms with Gasteiger partial charge in [0, 0.05) is 6.61 Å². The van der Waals surface area contributed by atoms with Crippen LogP contribution in [0.15, 0.2) is 0 Å². The van der Waals surface area contributed by atoms with Crippen LogP contribution < -0.4 is 0 Å². The number of rotatable bonds is 2. The van der Waals surface area contributed by atoms with Crippen LogP contribution in [0, 0.1) is 5.92 Å². The predicted molar refractivity (Wildman–Crippen MR) is 35.8 cm³/mol. The van der Waals surface area contributed by atoms with Gasteiger partial charge in [-0.3, -0.25) is 4.79 Å². The molecule has 10 heavy (non-hydrogen) atoms. The average Bonchev–Trinajstić information content (AvgIpc) is 2.15. The highest BCUT2D eigenvalue weighted by Gasteiger charge is 2.25. The molecule has 0 saturated carbocycles. The van der Waals surface area contributed by atoms with E-state index in [1.807, 2.05) is 6.92 Å². The minimum atomic E-state index is -0.720. The molecule has 1 rings (SSSR count). The maximum atomic E-state index is 10.2. The van der Waals surface area contributed by atoms with Crippen LogP contribution in [-0.2, 0) is 9.53 Å². The van der Waals surface area contributed by atoms with Crippen molar-refractivity contribution in [2.24, 2.45) is 5.92 Å². The number of hydrogen-bond acceptors (Lipinski definition) is 2. The molecule has 0 aliphatic carbocycles. The van der Waals surface area contributed by atoms with Crippen molar-refractivity contribution in [3.63, 3.8) is 0 Å². The minimum absolute atomic E-state index is 0.135. The summed E-state index contributed by atoms with van der Waals surface area (Å²) in [6.07, 6.45) is 1.28. The van der Waals surface area contributed by atoms with Gasteiger partial charge in [0.05, 0.1) is 12.5 Å². The molecule has 1 saturated heterocycles. The fraction of sp³-hybridized carbons (Fsp3) is 0.857. The van der Waals surface area contributed by atoms with E-state index >= 15 is 0 Å². The molecule has 0 radical (unpaired) electrons. The van der Waals surface area contributed by atoms with Crippen molar-refractivity contribution in [1.82, 2.24) is 0 Å². The van der Waals surface area contributed by atoms with Gasteiger partial charge in [0.1, 0.15) is 0 Å². The van der Waals surface area contributed by atoms with Crippen LogP contribution in [0.5, 0.6) is 0 Å². The molecule has 58 valence electrons. The van der Waals surface area contributed by atoms with Gasteiger partial charge in [-0.1, -0.05) is 0 Å². The molecule has 0 aromatic carbocycles. The third-order valence-electron chi connectivity index (χ3n) is 1.97. The first-order valence-electron chi connectivity index (χ1n) is 3.53. The third-order valence-corrected chi connectivity index (χ3v) is 1.97. The highest BCUT2D eigenvalue weighted by molar-refractivity contribution is 5.67. The Hall–Kier alpha value is -0.570. The van der Waals surface area contributed by atoms with Crippen LogP contribution >= 0.6 is 0 Å². The lowest BCUT2D eigenvalue weighted by molar-refractivity contribution is -0.138. The first-order valence-corrected chi connectivity index (χ1v) is 3.53. The first-order chi connectivity index (χ1) is 4.70. The molecule has 3 nitrogen and oxygen atoms in total. The van der Waals surface area contributed by atoms with Gasteiger partial charge in [-0.05, 0) is 19.3 Å². The molecular formula is C7H12O3. The summed E-state index contributed by atoms with van der Waals surface area (Å²) >= 11 is 0. The number of ether oxygens (including phenoxy) is 1. The van der Waals surface area contributed by atoms with E-state index in [9.17, 15) is 4.79 Å². The van der Waals surface area contributed by atoms with E-state index in [2.05, 4.69) is 0 Å². The second-order valence-electron chi connectivity index (χ2n) is 2.72. The zero-order valence-corrected chi connectivity index (χ0v) is 6.04. The maximum Gasteiger partial charge on any atom is 0.303 e. The Morgan fingerprint density at radius 3 is 2.90 bits per heavy atom. The number of hydrogen-bond donors (Lipinski definition) is 1. The summed E-state index contributed by atoms with van der Waals surface area (Å²) in [4.78, 5) is 10.2. The Morgan fingerprint density at radius 2 is 2.50 bits per heavy atom. The van der Waals surface area contributed by atoms with Crippen LogP contribution in [0.2, 0.25) is 0 Å². The lowest BCUT2D eigenvalue weighted by Gasteiger charge is -2.09. The van der Waals surface area contributed by atoms with E-state index in [0.29, 0.717) is 0 Å². The summed E-state index contributed by atoms with van der Waals surface area (Å²) in [5.74, 6) is -0.486. The number of carbonyl (C=O) groups is 1. The van der Waals surface area contributed by atoms with Crippen LogP contribution in [0.4, 0.5) is 0 Å². The molecule has 2 unspecified atom stereocenters. The van der Waals surface area contributed by atoms with E-state index < -0.39 is 5.97 Å². The maximum absolute atomic E-state index is 10.2. The normalized spacial score (nSPS) is 32.5. The van der Waals surface area contributed by atoms with Crippen molar-refractivity contribution >= 4 is 5.97 Å². The monoisotopic (exact) mass is 144 g/mol. The Balaban J connectivity index is 2.33. The molecule has 3 heteroatoms. The molecule has 0 spiro atoms. The molecule has 1 aliphatic rings. The molecule has 1 aliphatic heterocycles. The number of aliphatic carboxylic acids is 1. The molecule has 0 amide bonds. The van der Waals surface area contributed by atoms with Crippen molar-refractivity contribution in [3.8, 4) is 0 Å². The quantitative estimate of drug-likeness (QED) is 0.626. The molecule has 0 bridgehead atoms. The largest absolute Gasteiger partial charge is 0.481 e. The van der Waals surface area contributed by atoms with Crippen LogP contribution in [0.3, 0.4) is 0 Å². The van der Waals surface area contributed by atoms with Gasteiger partial charge in [-0.25, -0.2) is 0 Å². The molecular weight excluding hydrogens is 132 g/mol.